The van der Waals surface area contributed by atoms with E-state index >= 15 is 0 Å². The Labute approximate surface area is 190 Å². The summed E-state index contributed by atoms with van der Waals surface area (Å²) in [5.74, 6) is -2.28. The first-order valence-corrected chi connectivity index (χ1v) is 12.2. The van der Waals surface area contributed by atoms with E-state index in [1.807, 2.05) is 6.92 Å². The largest absolute Gasteiger partial charge is 0.465 e. The van der Waals surface area contributed by atoms with Gasteiger partial charge in [0.2, 0.25) is 0 Å². The molecule has 0 aromatic rings. The van der Waals surface area contributed by atoms with Gasteiger partial charge in [0.1, 0.15) is 18.6 Å². The van der Waals surface area contributed by atoms with E-state index in [2.05, 4.69) is 13.2 Å². The van der Waals surface area contributed by atoms with Crippen LogP contribution in [0.5, 0.6) is 0 Å². The monoisotopic (exact) mass is 476 g/mol. The van der Waals surface area contributed by atoms with Crippen molar-refractivity contribution < 1.29 is 41.6 Å². The maximum absolute atomic E-state index is 13.0. The Kier molecular flexibility index (Phi) is 13.8. The fourth-order valence-corrected chi connectivity index (χ4v) is 3.20. The molecule has 1 N–H and O–H groups in total. The van der Waals surface area contributed by atoms with Crippen molar-refractivity contribution >= 4 is 28.0 Å². The molecule has 0 rings (SSSR count). The van der Waals surface area contributed by atoms with Crippen LogP contribution in [0.2, 0.25) is 0 Å². The lowest BCUT2D eigenvalue weighted by molar-refractivity contribution is -0.171. The number of esters is 3. The molecule has 0 bridgehead atoms. The van der Waals surface area contributed by atoms with Gasteiger partial charge in [-0.2, -0.15) is 8.42 Å². The van der Waals surface area contributed by atoms with Crippen LogP contribution in [-0.4, -0.2) is 56.5 Å². The van der Waals surface area contributed by atoms with Crippen molar-refractivity contribution in [1.29, 1.82) is 0 Å². The summed E-state index contributed by atoms with van der Waals surface area (Å²) < 4.78 is 46.0. The summed E-state index contributed by atoms with van der Waals surface area (Å²) in [6.07, 6.45) is 3.58. The molecule has 0 aliphatic heterocycles. The first-order valence-electron chi connectivity index (χ1n) is 10.6. The van der Waals surface area contributed by atoms with Crippen molar-refractivity contribution in [2.45, 2.75) is 65.7 Å². The molecule has 0 unspecified atom stereocenters. The summed E-state index contributed by atoms with van der Waals surface area (Å²) in [7, 11) is -3.98. The minimum atomic E-state index is -3.98. The number of carbonyl (C=O) groups excluding carboxylic acids is 3. The fraction of sp³-hybridized carbons (Fsp3) is 0.682. The summed E-state index contributed by atoms with van der Waals surface area (Å²) in [5.41, 5.74) is -1.02. The molecule has 9 nitrogen and oxygen atoms in total. The van der Waals surface area contributed by atoms with Gasteiger partial charge in [-0.05, 0) is 33.1 Å². The molecular formula is C22H36O9S. The van der Waals surface area contributed by atoms with Crippen LogP contribution in [0.25, 0.3) is 0 Å². The molecule has 0 spiro atoms. The van der Waals surface area contributed by atoms with E-state index in [0.29, 0.717) is 32.1 Å². The molecule has 0 saturated heterocycles. The molecule has 0 saturated carbocycles. The molecule has 184 valence electrons. The minimum absolute atomic E-state index is 0.0709. The van der Waals surface area contributed by atoms with Gasteiger partial charge in [-0.15, -0.1) is 0 Å². The Balaban J connectivity index is 5.13. The van der Waals surface area contributed by atoms with Crippen molar-refractivity contribution in [2.24, 2.45) is 5.41 Å². The minimum Gasteiger partial charge on any atom is -0.465 e. The Bertz CT molecular complexity index is 738. The van der Waals surface area contributed by atoms with Crippen LogP contribution in [0.4, 0.5) is 0 Å². The molecule has 32 heavy (non-hydrogen) atoms. The lowest BCUT2D eigenvalue weighted by Crippen LogP contribution is -2.43. The van der Waals surface area contributed by atoms with Gasteiger partial charge in [-0.3, -0.25) is 9.35 Å². The van der Waals surface area contributed by atoms with E-state index in [1.165, 1.54) is 13.8 Å². The summed E-state index contributed by atoms with van der Waals surface area (Å²) in [4.78, 5) is 36.8. The van der Waals surface area contributed by atoms with Gasteiger partial charge < -0.3 is 14.2 Å². The molecule has 0 radical (unpaired) electrons. The quantitative estimate of drug-likeness (QED) is 0.110. The SMILES string of the molecule is C=C(C)C(=O)OCC(CCCC)(COC(=O)C(=C)C)C(=O)OCCCCCCS(=O)(=O)O. The van der Waals surface area contributed by atoms with Gasteiger partial charge in [0.25, 0.3) is 10.1 Å². The van der Waals surface area contributed by atoms with Crippen molar-refractivity contribution in [2.75, 3.05) is 25.6 Å². The predicted octanol–water partition coefficient (Wildman–Crippen LogP) is 3.39. The van der Waals surface area contributed by atoms with Gasteiger partial charge in [-0.25, -0.2) is 9.59 Å². The van der Waals surface area contributed by atoms with Crippen LogP contribution >= 0.6 is 0 Å². The molecular weight excluding hydrogens is 440 g/mol. The third kappa shape index (κ3) is 12.6. The first-order chi connectivity index (χ1) is 14.8. The average Bonchev–Trinajstić information content (AvgIpc) is 2.70. The summed E-state index contributed by atoms with van der Waals surface area (Å²) in [6.45, 7) is 11.4. The lowest BCUT2D eigenvalue weighted by atomic mass is 9.84. The highest BCUT2D eigenvalue weighted by Crippen LogP contribution is 2.29. The van der Waals surface area contributed by atoms with Gasteiger partial charge >= 0.3 is 17.9 Å². The average molecular weight is 477 g/mol. The molecule has 0 aliphatic carbocycles. The zero-order chi connectivity index (χ0) is 24.8. The molecule has 0 aliphatic rings. The number of hydrogen-bond acceptors (Lipinski definition) is 8. The van der Waals surface area contributed by atoms with Crippen LogP contribution in [0.1, 0.15) is 65.7 Å². The number of ether oxygens (including phenoxy) is 3. The number of rotatable bonds is 17. The second-order valence-electron chi connectivity index (χ2n) is 7.93. The lowest BCUT2D eigenvalue weighted by Gasteiger charge is -2.30. The van der Waals surface area contributed by atoms with Gasteiger partial charge in [0, 0.05) is 11.1 Å². The van der Waals surface area contributed by atoms with E-state index in [0.717, 1.165) is 6.42 Å². The highest BCUT2D eigenvalue weighted by molar-refractivity contribution is 7.85. The third-order valence-corrected chi connectivity index (χ3v) is 5.43. The van der Waals surface area contributed by atoms with Crippen molar-refractivity contribution in [1.82, 2.24) is 0 Å². The molecule has 0 aromatic carbocycles. The van der Waals surface area contributed by atoms with Crippen molar-refractivity contribution in [3.05, 3.63) is 24.3 Å². The Morgan fingerprint density at radius 2 is 1.34 bits per heavy atom. The Hall–Kier alpha value is -2.20. The molecule has 0 aromatic heterocycles. The maximum atomic E-state index is 13.0. The molecule has 0 amide bonds. The number of unbranched alkanes of at least 4 members (excludes halogenated alkanes) is 4. The van der Waals surface area contributed by atoms with Crippen LogP contribution in [0, 0.1) is 5.41 Å². The normalized spacial score (nSPS) is 11.5. The van der Waals surface area contributed by atoms with Crippen LogP contribution in [0.15, 0.2) is 24.3 Å². The standard InChI is InChI=1S/C22H36O9S/c1-6-7-12-22(15-30-19(23)17(2)3,16-31-20(24)18(4)5)21(25)29-13-10-8-9-11-14-32(26,27)28/h2,4,6-16H2,1,3,5H3,(H,26,27,28). The second kappa shape index (κ2) is 14.8. The summed E-state index contributed by atoms with van der Waals surface area (Å²) >= 11 is 0. The van der Waals surface area contributed by atoms with Gasteiger partial charge in [0.05, 0.1) is 12.4 Å². The molecule has 10 heteroatoms. The number of carbonyl (C=O) groups is 3. The van der Waals surface area contributed by atoms with Gasteiger partial charge in [-0.1, -0.05) is 45.8 Å². The molecule has 0 fully saturated rings. The van der Waals surface area contributed by atoms with Crippen LogP contribution in [0.3, 0.4) is 0 Å². The van der Waals surface area contributed by atoms with Crippen LogP contribution < -0.4 is 0 Å². The zero-order valence-electron chi connectivity index (χ0n) is 19.3. The number of hydrogen-bond donors (Lipinski definition) is 1. The van der Waals surface area contributed by atoms with Crippen LogP contribution in [-0.2, 0) is 38.7 Å². The first kappa shape index (κ1) is 29.8. The molecule has 0 heterocycles. The summed E-state index contributed by atoms with van der Waals surface area (Å²) in [6, 6.07) is 0. The smallest absolute Gasteiger partial charge is 0.333 e. The second-order valence-corrected chi connectivity index (χ2v) is 9.51. The van der Waals surface area contributed by atoms with Gasteiger partial charge in [0.15, 0.2) is 0 Å². The van der Waals surface area contributed by atoms with E-state index in [-0.39, 0.29) is 43.1 Å². The van der Waals surface area contributed by atoms with E-state index < -0.39 is 33.4 Å². The highest BCUT2D eigenvalue weighted by Gasteiger charge is 2.43. The van der Waals surface area contributed by atoms with Crippen molar-refractivity contribution in [3.8, 4) is 0 Å². The molecule has 0 atom stereocenters. The highest BCUT2D eigenvalue weighted by atomic mass is 32.2. The topological polar surface area (TPSA) is 133 Å². The van der Waals surface area contributed by atoms with E-state index in [4.69, 9.17) is 18.8 Å². The summed E-state index contributed by atoms with van der Waals surface area (Å²) in [5, 5.41) is 0. The zero-order valence-corrected chi connectivity index (χ0v) is 20.1. The van der Waals surface area contributed by atoms with E-state index in [1.54, 1.807) is 0 Å². The maximum Gasteiger partial charge on any atom is 0.333 e. The van der Waals surface area contributed by atoms with Crippen molar-refractivity contribution in [3.63, 3.8) is 0 Å². The Morgan fingerprint density at radius 1 is 0.844 bits per heavy atom. The third-order valence-electron chi connectivity index (χ3n) is 4.63. The van der Waals surface area contributed by atoms with E-state index in [9.17, 15) is 22.8 Å². The Morgan fingerprint density at radius 3 is 1.78 bits per heavy atom. The predicted molar refractivity (Wildman–Crippen MR) is 119 cm³/mol. The fourth-order valence-electron chi connectivity index (χ4n) is 2.63.